The minimum atomic E-state index is 0.650. The third kappa shape index (κ3) is 2.38. The molecule has 2 rings (SSSR count). The van der Waals surface area contributed by atoms with Crippen LogP contribution in [0.25, 0.3) is 0 Å². The summed E-state index contributed by atoms with van der Waals surface area (Å²) in [6.07, 6.45) is 3.88. The topological polar surface area (TPSA) is 42.2 Å². The zero-order valence-electron chi connectivity index (χ0n) is 9.62. The summed E-state index contributed by atoms with van der Waals surface area (Å²) in [5, 5.41) is 0. The first-order valence-electron chi connectivity index (χ1n) is 5.82. The predicted octanol–water partition coefficient (Wildman–Crippen LogP) is 2.47. The number of hydrogen-bond acceptors (Lipinski definition) is 3. The lowest BCUT2D eigenvalue weighted by atomic mass is 9.91. The van der Waals surface area contributed by atoms with Crippen molar-refractivity contribution >= 4 is 21.7 Å². The van der Waals surface area contributed by atoms with E-state index in [0.29, 0.717) is 12.6 Å². The van der Waals surface area contributed by atoms with E-state index in [2.05, 4.69) is 37.9 Å². The van der Waals surface area contributed by atoms with Gasteiger partial charge >= 0.3 is 0 Å². The Hall–Kier alpha value is -0.610. The van der Waals surface area contributed by atoms with Crippen LogP contribution in [0.15, 0.2) is 16.6 Å². The zero-order chi connectivity index (χ0) is 11.5. The normalized spacial score (nSPS) is 15.9. The minimum Gasteiger partial charge on any atom is -0.352 e. The van der Waals surface area contributed by atoms with E-state index in [-0.39, 0.29) is 0 Å². The Morgan fingerprint density at radius 3 is 2.75 bits per heavy atom. The minimum absolute atomic E-state index is 0.650. The fourth-order valence-corrected chi connectivity index (χ4v) is 2.23. The van der Waals surface area contributed by atoms with Gasteiger partial charge in [-0.3, -0.25) is 0 Å². The Labute approximate surface area is 105 Å². The molecular formula is C12H18BrN3. The van der Waals surface area contributed by atoms with Gasteiger partial charge in [0.05, 0.1) is 5.69 Å². The maximum absolute atomic E-state index is 5.67. The molecule has 1 aliphatic rings. The maximum Gasteiger partial charge on any atom is 0.129 e. The molecule has 1 aromatic heterocycles. The van der Waals surface area contributed by atoms with Crippen molar-refractivity contribution in [2.24, 2.45) is 5.73 Å². The summed E-state index contributed by atoms with van der Waals surface area (Å²) in [6, 6.07) is 4.79. The van der Waals surface area contributed by atoms with Crippen LogP contribution in [0.1, 0.15) is 25.0 Å². The summed E-state index contributed by atoms with van der Waals surface area (Å²) >= 11 is 3.48. The van der Waals surface area contributed by atoms with Crippen molar-refractivity contribution < 1.29 is 0 Å². The van der Waals surface area contributed by atoms with Gasteiger partial charge in [-0.25, -0.2) is 4.98 Å². The van der Waals surface area contributed by atoms with Gasteiger partial charge in [-0.15, -0.1) is 0 Å². The molecule has 1 fully saturated rings. The summed E-state index contributed by atoms with van der Waals surface area (Å²) in [5.74, 6) is 1.07. The van der Waals surface area contributed by atoms with E-state index in [9.17, 15) is 0 Å². The standard InChI is InChI=1S/C12H18BrN3/c1-9-11(13)5-6-12(15-9)16(8-7-14)10-3-2-4-10/h5-6,10H,2-4,7-8,14H2,1H3. The van der Waals surface area contributed by atoms with Crippen molar-refractivity contribution in [2.75, 3.05) is 18.0 Å². The molecule has 0 amide bonds. The van der Waals surface area contributed by atoms with Crippen LogP contribution < -0.4 is 10.6 Å². The second-order valence-corrected chi connectivity index (χ2v) is 5.16. The van der Waals surface area contributed by atoms with Crippen molar-refractivity contribution in [3.8, 4) is 0 Å². The first kappa shape index (κ1) is 11.9. The van der Waals surface area contributed by atoms with Gasteiger partial charge in [-0.1, -0.05) is 0 Å². The fourth-order valence-electron chi connectivity index (χ4n) is 2.01. The van der Waals surface area contributed by atoms with Crippen LogP contribution in [0.2, 0.25) is 0 Å². The molecule has 0 unspecified atom stereocenters. The van der Waals surface area contributed by atoms with E-state index in [1.807, 2.05) is 6.92 Å². The van der Waals surface area contributed by atoms with E-state index < -0.39 is 0 Å². The Balaban J connectivity index is 2.20. The third-order valence-corrected chi connectivity index (χ3v) is 4.02. The second-order valence-electron chi connectivity index (χ2n) is 4.30. The highest BCUT2D eigenvalue weighted by molar-refractivity contribution is 9.10. The van der Waals surface area contributed by atoms with Gasteiger partial charge in [0.15, 0.2) is 0 Å². The van der Waals surface area contributed by atoms with Gasteiger partial charge in [-0.05, 0) is 54.2 Å². The molecule has 3 nitrogen and oxygen atoms in total. The maximum atomic E-state index is 5.67. The average molecular weight is 284 g/mol. The number of nitrogens with zero attached hydrogens (tertiary/aromatic N) is 2. The molecule has 0 spiro atoms. The molecule has 88 valence electrons. The highest BCUT2D eigenvalue weighted by Gasteiger charge is 2.25. The van der Waals surface area contributed by atoms with Gasteiger partial charge in [0.25, 0.3) is 0 Å². The van der Waals surface area contributed by atoms with Gasteiger partial charge in [-0.2, -0.15) is 0 Å². The van der Waals surface area contributed by atoms with E-state index in [1.54, 1.807) is 0 Å². The molecule has 0 aromatic carbocycles. The molecule has 0 atom stereocenters. The number of hydrogen-bond donors (Lipinski definition) is 1. The number of anilines is 1. The second kappa shape index (κ2) is 5.15. The molecule has 0 radical (unpaired) electrons. The average Bonchev–Trinajstić information content (AvgIpc) is 2.19. The molecule has 0 saturated heterocycles. The van der Waals surface area contributed by atoms with Crippen molar-refractivity contribution in [1.29, 1.82) is 0 Å². The van der Waals surface area contributed by atoms with Crippen LogP contribution in [0.3, 0.4) is 0 Å². The molecule has 16 heavy (non-hydrogen) atoms. The predicted molar refractivity (Wildman–Crippen MR) is 70.7 cm³/mol. The summed E-state index contributed by atoms with van der Waals surface area (Å²) < 4.78 is 1.07. The Morgan fingerprint density at radius 1 is 1.50 bits per heavy atom. The smallest absolute Gasteiger partial charge is 0.129 e. The fraction of sp³-hybridized carbons (Fsp3) is 0.583. The molecule has 4 heteroatoms. The lowest BCUT2D eigenvalue weighted by Gasteiger charge is -2.38. The number of rotatable bonds is 4. The first-order chi connectivity index (χ1) is 7.72. The number of aromatic nitrogens is 1. The molecule has 0 bridgehead atoms. The number of nitrogens with two attached hydrogens (primary N) is 1. The summed E-state index contributed by atoms with van der Waals surface area (Å²) in [5.41, 5.74) is 6.71. The monoisotopic (exact) mass is 283 g/mol. The van der Waals surface area contributed by atoms with Crippen molar-refractivity contribution in [2.45, 2.75) is 32.2 Å². The third-order valence-electron chi connectivity index (χ3n) is 3.19. The quantitative estimate of drug-likeness (QED) is 0.923. The Bertz CT molecular complexity index is 363. The van der Waals surface area contributed by atoms with E-state index in [1.165, 1.54) is 19.3 Å². The molecule has 0 aliphatic heterocycles. The van der Waals surface area contributed by atoms with Crippen LogP contribution in [0.4, 0.5) is 5.82 Å². The molecule has 2 N–H and O–H groups in total. The zero-order valence-corrected chi connectivity index (χ0v) is 11.2. The molecule has 1 aromatic rings. The van der Waals surface area contributed by atoms with Crippen molar-refractivity contribution in [3.63, 3.8) is 0 Å². The van der Waals surface area contributed by atoms with Crippen molar-refractivity contribution in [3.05, 3.63) is 22.3 Å². The van der Waals surface area contributed by atoms with Gasteiger partial charge in [0.2, 0.25) is 0 Å². The van der Waals surface area contributed by atoms with E-state index in [4.69, 9.17) is 5.73 Å². The summed E-state index contributed by atoms with van der Waals surface area (Å²) in [6.45, 7) is 3.61. The summed E-state index contributed by atoms with van der Waals surface area (Å²) in [4.78, 5) is 6.97. The van der Waals surface area contributed by atoms with E-state index in [0.717, 1.165) is 22.5 Å². The lowest BCUT2D eigenvalue weighted by Crippen LogP contribution is -2.43. The van der Waals surface area contributed by atoms with Gasteiger partial charge in [0, 0.05) is 23.6 Å². The van der Waals surface area contributed by atoms with Gasteiger partial charge < -0.3 is 10.6 Å². The molecule has 1 aliphatic carbocycles. The van der Waals surface area contributed by atoms with Gasteiger partial charge in [0.1, 0.15) is 5.82 Å². The van der Waals surface area contributed by atoms with Crippen LogP contribution in [-0.2, 0) is 0 Å². The molecule has 1 saturated carbocycles. The van der Waals surface area contributed by atoms with Crippen molar-refractivity contribution in [1.82, 2.24) is 4.98 Å². The summed E-state index contributed by atoms with van der Waals surface area (Å²) in [7, 11) is 0. The highest BCUT2D eigenvalue weighted by Crippen LogP contribution is 2.29. The largest absolute Gasteiger partial charge is 0.352 e. The van der Waals surface area contributed by atoms with Crippen LogP contribution >= 0.6 is 15.9 Å². The highest BCUT2D eigenvalue weighted by atomic mass is 79.9. The van der Waals surface area contributed by atoms with E-state index >= 15 is 0 Å². The molecule has 1 heterocycles. The van der Waals surface area contributed by atoms with Crippen LogP contribution in [-0.4, -0.2) is 24.1 Å². The first-order valence-corrected chi connectivity index (χ1v) is 6.61. The van der Waals surface area contributed by atoms with Crippen LogP contribution in [0.5, 0.6) is 0 Å². The lowest BCUT2D eigenvalue weighted by molar-refractivity contribution is 0.386. The Morgan fingerprint density at radius 2 is 2.25 bits per heavy atom. The number of aryl methyl sites for hydroxylation is 1. The number of halogens is 1. The SMILES string of the molecule is Cc1nc(N(CCN)C2CCC2)ccc1Br. The van der Waals surface area contributed by atoms with Crippen LogP contribution in [0, 0.1) is 6.92 Å². The Kier molecular flexibility index (Phi) is 3.82. The number of pyridine rings is 1. The molecular weight excluding hydrogens is 266 g/mol.